The van der Waals surface area contributed by atoms with Gasteiger partial charge >= 0.3 is 0 Å². The Kier molecular flexibility index (Phi) is 4.76. The number of halogens is 2. The highest BCUT2D eigenvalue weighted by atomic mass is 35.5. The highest BCUT2D eigenvalue weighted by Crippen LogP contribution is 2.33. The van der Waals surface area contributed by atoms with Gasteiger partial charge in [-0.05, 0) is 42.8 Å². The van der Waals surface area contributed by atoms with Crippen molar-refractivity contribution >= 4 is 45.4 Å². The Bertz CT molecular complexity index is 848. The second kappa shape index (κ2) is 6.79. The molecule has 3 aromatic rings. The van der Waals surface area contributed by atoms with Gasteiger partial charge in [0, 0.05) is 16.0 Å². The summed E-state index contributed by atoms with van der Waals surface area (Å²) in [5.41, 5.74) is 3.88. The molecule has 2 aromatic carbocycles. The molecule has 3 rings (SSSR count). The topological polar surface area (TPSA) is 34.1 Å². The van der Waals surface area contributed by atoms with Crippen molar-refractivity contribution < 1.29 is 4.74 Å². The van der Waals surface area contributed by atoms with Gasteiger partial charge < -0.3 is 10.1 Å². The third-order valence-corrected chi connectivity index (χ3v) is 4.70. The van der Waals surface area contributed by atoms with Crippen molar-refractivity contribution in [3.05, 3.63) is 57.4 Å². The van der Waals surface area contributed by atoms with Crippen LogP contribution >= 0.6 is 34.5 Å². The van der Waals surface area contributed by atoms with Crippen LogP contribution in [0.5, 0.6) is 5.75 Å². The number of aromatic nitrogens is 1. The second-order valence-corrected chi connectivity index (χ2v) is 6.67. The minimum absolute atomic E-state index is 0.562. The van der Waals surface area contributed by atoms with Gasteiger partial charge in [0.2, 0.25) is 0 Å². The smallest absolute Gasteiger partial charge is 0.187 e. The standard InChI is InChI=1S/C17H14Cl2N2OS/c1-10-3-5-12(22-2)8-13(10)16-9-23-17(21-16)20-15-6-4-11(18)7-14(15)19/h3-9H,1-2H3,(H,20,21). The number of thiazole rings is 1. The Morgan fingerprint density at radius 2 is 1.96 bits per heavy atom. The van der Waals surface area contributed by atoms with E-state index in [1.54, 1.807) is 19.2 Å². The van der Waals surface area contributed by atoms with Gasteiger partial charge in [0.1, 0.15) is 5.75 Å². The molecule has 0 atom stereocenters. The number of methoxy groups -OCH3 is 1. The Morgan fingerprint density at radius 3 is 2.70 bits per heavy atom. The summed E-state index contributed by atoms with van der Waals surface area (Å²) in [6.07, 6.45) is 0. The van der Waals surface area contributed by atoms with Gasteiger partial charge in [0.05, 0.1) is 23.5 Å². The highest BCUT2D eigenvalue weighted by molar-refractivity contribution is 7.14. The van der Waals surface area contributed by atoms with E-state index in [1.165, 1.54) is 11.3 Å². The van der Waals surface area contributed by atoms with Crippen LogP contribution in [-0.4, -0.2) is 12.1 Å². The Hall–Kier alpha value is -1.75. The molecule has 1 aromatic heterocycles. The summed E-state index contributed by atoms with van der Waals surface area (Å²) in [4.78, 5) is 4.64. The average Bonchev–Trinajstić information content (AvgIpc) is 2.99. The van der Waals surface area contributed by atoms with Gasteiger partial charge in [0.15, 0.2) is 5.13 Å². The summed E-state index contributed by atoms with van der Waals surface area (Å²) in [5, 5.41) is 7.17. The van der Waals surface area contributed by atoms with Crippen molar-refractivity contribution in [3.8, 4) is 17.0 Å². The molecule has 1 heterocycles. The van der Waals surface area contributed by atoms with E-state index >= 15 is 0 Å². The summed E-state index contributed by atoms with van der Waals surface area (Å²) < 4.78 is 5.29. The van der Waals surface area contributed by atoms with E-state index < -0.39 is 0 Å². The molecule has 0 bridgehead atoms. The predicted octanol–water partition coefficient (Wildman–Crippen LogP) is 6.18. The molecule has 0 unspecified atom stereocenters. The number of nitrogens with zero attached hydrogens (tertiary/aromatic N) is 1. The molecular formula is C17H14Cl2N2OS. The zero-order valence-corrected chi connectivity index (χ0v) is 14.9. The maximum atomic E-state index is 6.18. The summed E-state index contributed by atoms with van der Waals surface area (Å²) >= 11 is 13.6. The molecule has 0 fully saturated rings. The lowest BCUT2D eigenvalue weighted by Crippen LogP contribution is -1.91. The summed E-state index contributed by atoms with van der Waals surface area (Å²) in [5.74, 6) is 0.814. The molecule has 1 N–H and O–H groups in total. The van der Waals surface area contributed by atoms with Crippen molar-refractivity contribution in [2.75, 3.05) is 12.4 Å². The van der Waals surface area contributed by atoms with Crippen LogP contribution in [-0.2, 0) is 0 Å². The zero-order chi connectivity index (χ0) is 16.4. The molecule has 0 aliphatic carbocycles. The number of ether oxygens (including phenoxy) is 1. The normalized spacial score (nSPS) is 10.6. The van der Waals surface area contributed by atoms with Crippen molar-refractivity contribution in [2.45, 2.75) is 6.92 Å². The molecule has 0 saturated carbocycles. The van der Waals surface area contributed by atoms with Crippen LogP contribution in [0.1, 0.15) is 5.56 Å². The second-order valence-electron chi connectivity index (χ2n) is 4.97. The van der Waals surface area contributed by atoms with E-state index in [0.29, 0.717) is 10.0 Å². The zero-order valence-electron chi connectivity index (χ0n) is 12.6. The lowest BCUT2D eigenvalue weighted by atomic mass is 10.1. The lowest BCUT2D eigenvalue weighted by molar-refractivity contribution is 0.415. The van der Waals surface area contributed by atoms with Crippen LogP contribution in [0.25, 0.3) is 11.3 Å². The monoisotopic (exact) mass is 364 g/mol. The fraction of sp³-hybridized carbons (Fsp3) is 0.118. The number of rotatable bonds is 4. The Balaban J connectivity index is 1.89. The van der Waals surface area contributed by atoms with Crippen LogP contribution in [0.4, 0.5) is 10.8 Å². The molecule has 0 aliphatic rings. The highest BCUT2D eigenvalue weighted by Gasteiger charge is 2.10. The van der Waals surface area contributed by atoms with Gasteiger partial charge in [-0.2, -0.15) is 0 Å². The molecular weight excluding hydrogens is 351 g/mol. The van der Waals surface area contributed by atoms with E-state index in [2.05, 4.69) is 17.2 Å². The predicted molar refractivity (Wildman–Crippen MR) is 98.6 cm³/mol. The molecule has 23 heavy (non-hydrogen) atoms. The number of hydrogen-bond acceptors (Lipinski definition) is 4. The van der Waals surface area contributed by atoms with E-state index in [1.807, 2.05) is 29.6 Å². The first kappa shape index (κ1) is 16.1. The molecule has 0 saturated heterocycles. The molecule has 3 nitrogen and oxygen atoms in total. The summed E-state index contributed by atoms with van der Waals surface area (Å²) in [7, 11) is 1.66. The molecule has 6 heteroatoms. The van der Waals surface area contributed by atoms with Crippen LogP contribution in [0.3, 0.4) is 0 Å². The van der Waals surface area contributed by atoms with Gasteiger partial charge in [-0.15, -0.1) is 11.3 Å². The van der Waals surface area contributed by atoms with Crippen molar-refractivity contribution in [3.63, 3.8) is 0 Å². The maximum absolute atomic E-state index is 6.18. The van der Waals surface area contributed by atoms with Gasteiger partial charge in [-0.3, -0.25) is 0 Å². The summed E-state index contributed by atoms with van der Waals surface area (Å²) in [6.45, 7) is 2.05. The quantitative estimate of drug-likeness (QED) is 0.600. The number of hydrogen-bond donors (Lipinski definition) is 1. The molecule has 0 radical (unpaired) electrons. The fourth-order valence-corrected chi connectivity index (χ4v) is 3.34. The van der Waals surface area contributed by atoms with E-state index in [-0.39, 0.29) is 0 Å². The van der Waals surface area contributed by atoms with Crippen LogP contribution in [0.2, 0.25) is 10.0 Å². The minimum atomic E-state index is 0.562. The number of nitrogens with one attached hydrogen (secondary N) is 1. The molecule has 118 valence electrons. The first-order valence-corrected chi connectivity index (χ1v) is 8.53. The Morgan fingerprint density at radius 1 is 1.13 bits per heavy atom. The van der Waals surface area contributed by atoms with Crippen LogP contribution < -0.4 is 10.1 Å². The van der Waals surface area contributed by atoms with Crippen molar-refractivity contribution in [1.82, 2.24) is 4.98 Å². The maximum Gasteiger partial charge on any atom is 0.187 e. The molecule has 0 aliphatic heterocycles. The third kappa shape index (κ3) is 3.61. The minimum Gasteiger partial charge on any atom is -0.497 e. The van der Waals surface area contributed by atoms with E-state index in [9.17, 15) is 0 Å². The van der Waals surface area contributed by atoms with Gasteiger partial charge in [0.25, 0.3) is 0 Å². The van der Waals surface area contributed by atoms with Gasteiger partial charge in [-0.1, -0.05) is 29.3 Å². The third-order valence-electron chi connectivity index (χ3n) is 3.40. The SMILES string of the molecule is COc1ccc(C)c(-c2csc(Nc3ccc(Cl)cc3Cl)n2)c1. The number of aryl methyl sites for hydroxylation is 1. The molecule has 0 spiro atoms. The molecule has 0 amide bonds. The van der Waals surface area contributed by atoms with Crippen molar-refractivity contribution in [1.29, 1.82) is 0 Å². The summed E-state index contributed by atoms with van der Waals surface area (Å²) in [6, 6.07) is 11.3. The first-order chi connectivity index (χ1) is 11.1. The largest absolute Gasteiger partial charge is 0.497 e. The van der Waals surface area contributed by atoms with Crippen LogP contribution in [0, 0.1) is 6.92 Å². The average molecular weight is 365 g/mol. The van der Waals surface area contributed by atoms with Crippen molar-refractivity contribution in [2.24, 2.45) is 0 Å². The fourth-order valence-electron chi connectivity index (χ4n) is 2.16. The lowest BCUT2D eigenvalue weighted by Gasteiger charge is -2.07. The van der Waals surface area contributed by atoms with Gasteiger partial charge in [-0.25, -0.2) is 4.98 Å². The van der Waals surface area contributed by atoms with E-state index in [0.717, 1.165) is 33.4 Å². The Labute approximate surface area is 148 Å². The van der Waals surface area contributed by atoms with E-state index in [4.69, 9.17) is 27.9 Å². The first-order valence-electron chi connectivity index (χ1n) is 6.89. The number of anilines is 2. The number of benzene rings is 2. The van der Waals surface area contributed by atoms with Crippen LogP contribution in [0.15, 0.2) is 41.8 Å².